The average Bonchev–Trinajstić information content (AvgIpc) is 2.81. The molecule has 140 valence electrons. The Balaban J connectivity index is 2.35. The van der Waals surface area contributed by atoms with Gasteiger partial charge in [0.25, 0.3) is 0 Å². The zero-order chi connectivity index (χ0) is 18.2. The Bertz CT molecular complexity index is 412. The van der Waals surface area contributed by atoms with Gasteiger partial charge in [-0.2, -0.15) is 23.5 Å². The van der Waals surface area contributed by atoms with E-state index in [0.717, 1.165) is 37.2 Å². The number of hydrogen-bond acceptors (Lipinski definition) is 6. The number of rotatable bonds is 11. The molecular formula is C18H32O4S2. The highest BCUT2D eigenvalue weighted by Gasteiger charge is 2.41. The second kappa shape index (κ2) is 10.7. The molecule has 0 heterocycles. The van der Waals surface area contributed by atoms with Crippen LogP contribution in [-0.2, 0) is 14.3 Å². The van der Waals surface area contributed by atoms with Crippen molar-refractivity contribution in [3.05, 3.63) is 0 Å². The summed E-state index contributed by atoms with van der Waals surface area (Å²) in [6.07, 6.45) is 3.87. The van der Waals surface area contributed by atoms with Gasteiger partial charge in [0.05, 0.1) is 24.2 Å². The van der Waals surface area contributed by atoms with Crippen LogP contribution < -0.4 is 0 Å². The van der Waals surface area contributed by atoms with E-state index in [-0.39, 0.29) is 28.3 Å². The summed E-state index contributed by atoms with van der Waals surface area (Å²) in [4.78, 5) is 23.2. The molecule has 0 bridgehead atoms. The summed E-state index contributed by atoms with van der Waals surface area (Å²) < 4.78 is 4.60. The van der Waals surface area contributed by atoms with E-state index in [4.69, 9.17) is 0 Å². The lowest BCUT2D eigenvalue weighted by Gasteiger charge is -2.27. The number of ether oxygens (including phenoxy) is 1. The van der Waals surface area contributed by atoms with Crippen molar-refractivity contribution < 1.29 is 19.4 Å². The van der Waals surface area contributed by atoms with Gasteiger partial charge in [-0.25, -0.2) is 0 Å². The van der Waals surface area contributed by atoms with Crippen LogP contribution >= 0.6 is 23.5 Å². The van der Waals surface area contributed by atoms with E-state index in [9.17, 15) is 14.7 Å². The molecule has 0 aromatic heterocycles. The molecule has 0 spiro atoms. The van der Waals surface area contributed by atoms with Crippen molar-refractivity contribution in [2.75, 3.05) is 24.4 Å². The van der Waals surface area contributed by atoms with Crippen molar-refractivity contribution in [2.24, 2.45) is 11.3 Å². The number of methoxy groups -OCH3 is 1. The van der Waals surface area contributed by atoms with Crippen LogP contribution in [0.25, 0.3) is 0 Å². The smallest absolute Gasteiger partial charge is 0.315 e. The second-order valence-electron chi connectivity index (χ2n) is 7.23. The molecule has 0 aromatic carbocycles. The highest BCUT2D eigenvalue weighted by molar-refractivity contribution is 8.01. The lowest BCUT2D eigenvalue weighted by molar-refractivity contribution is -0.137. The second-order valence-corrected chi connectivity index (χ2v) is 9.59. The predicted molar refractivity (Wildman–Crippen MR) is 103 cm³/mol. The molecule has 1 rings (SSSR count). The van der Waals surface area contributed by atoms with Gasteiger partial charge < -0.3 is 9.84 Å². The summed E-state index contributed by atoms with van der Waals surface area (Å²) >= 11 is 3.25. The van der Waals surface area contributed by atoms with Gasteiger partial charge in [-0.3, -0.25) is 9.59 Å². The zero-order valence-corrected chi connectivity index (χ0v) is 17.0. The van der Waals surface area contributed by atoms with Crippen molar-refractivity contribution in [2.45, 2.75) is 64.2 Å². The Labute approximate surface area is 154 Å². The number of thioether (sulfide) groups is 2. The maximum Gasteiger partial charge on any atom is 0.315 e. The summed E-state index contributed by atoms with van der Waals surface area (Å²) in [5.41, 5.74) is 0.269. The number of Topliss-reactive ketones (excluding diaryl/α,β-unsaturated/α-hetero) is 1. The molecule has 2 unspecified atom stereocenters. The highest BCUT2D eigenvalue weighted by Crippen LogP contribution is 2.39. The van der Waals surface area contributed by atoms with Gasteiger partial charge in [0, 0.05) is 12.3 Å². The first-order valence-corrected chi connectivity index (χ1v) is 11.0. The quantitative estimate of drug-likeness (QED) is 0.439. The van der Waals surface area contributed by atoms with E-state index >= 15 is 0 Å². The Kier molecular flexibility index (Phi) is 9.75. The van der Waals surface area contributed by atoms with Gasteiger partial charge in [0.15, 0.2) is 0 Å². The van der Waals surface area contributed by atoms with Crippen LogP contribution in [0, 0.1) is 11.3 Å². The molecule has 24 heavy (non-hydrogen) atoms. The molecule has 0 amide bonds. The predicted octanol–water partition coefficient (Wildman–Crippen LogP) is 3.55. The molecular weight excluding hydrogens is 344 g/mol. The third kappa shape index (κ3) is 7.36. The first-order chi connectivity index (χ1) is 11.3. The van der Waals surface area contributed by atoms with E-state index in [1.165, 1.54) is 7.11 Å². The summed E-state index contributed by atoms with van der Waals surface area (Å²) in [7, 11) is 1.40. The topological polar surface area (TPSA) is 63.6 Å². The molecule has 0 radical (unpaired) electrons. The Morgan fingerprint density at radius 1 is 1.38 bits per heavy atom. The van der Waals surface area contributed by atoms with Crippen LogP contribution in [0.1, 0.15) is 52.9 Å². The van der Waals surface area contributed by atoms with Crippen LogP contribution in [-0.4, -0.2) is 52.6 Å². The molecule has 1 fully saturated rings. The van der Waals surface area contributed by atoms with Gasteiger partial charge in [0.1, 0.15) is 5.78 Å². The molecule has 0 saturated heterocycles. The minimum atomic E-state index is -0.476. The third-order valence-corrected chi connectivity index (χ3v) is 7.41. The molecule has 6 heteroatoms. The van der Waals surface area contributed by atoms with Gasteiger partial charge in [-0.15, -0.1) is 0 Å². The average molecular weight is 377 g/mol. The lowest BCUT2D eigenvalue weighted by Crippen LogP contribution is -2.25. The van der Waals surface area contributed by atoms with Gasteiger partial charge >= 0.3 is 5.97 Å². The zero-order valence-electron chi connectivity index (χ0n) is 15.4. The van der Waals surface area contributed by atoms with Crippen molar-refractivity contribution in [3.8, 4) is 0 Å². The van der Waals surface area contributed by atoms with Crippen LogP contribution in [0.15, 0.2) is 0 Å². The summed E-state index contributed by atoms with van der Waals surface area (Å²) in [6, 6.07) is 0. The lowest BCUT2D eigenvalue weighted by atomic mass is 9.82. The maximum atomic E-state index is 12.2. The van der Waals surface area contributed by atoms with Crippen molar-refractivity contribution >= 4 is 35.3 Å². The Morgan fingerprint density at radius 2 is 2.08 bits per heavy atom. The number of aliphatic hydroxyl groups excluding tert-OH is 1. The monoisotopic (exact) mass is 376 g/mol. The maximum absolute atomic E-state index is 12.2. The fourth-order valence-electron chi connectivity index (χ4n) is 2.79. The Hall–Kier alpha value is -0.200. The van der Waals surface area contributed by atoms with E-state index in [0.29, 0.717) is 12.2 Å². The number of carbonyl (C=O) groups excluding carboxylic acids is 2. The SMILES string of the molecule is CCC(C)(C)CC[C@H]1C(O)CC(=O)C1SCCCSCC(=O)OC. The molecule has 1 aliphatic rings. The van der Waals surface area contributed by atoms with Gasteiger partial charge in [0.2, 0.25) is 0 Å². The van der Waals surface area contributed by atoms with Gasteiger partial charge in [-0.1, -0.05) is 27.2 Å². The molecule has 1 N–H and O–H groups in total. The van der Waals surface area contributed by atoms with Crippen LogP contribution in [0.2, 0.25) is 0 Å². The number of hydrogen-bond donors (Lipinski definition) is 1. The molecule has 0 aromatic rings. The van der Waals surface area contributed by atoms with Crippen molar-refractivity contribution in [1.82, 2.24) is 0 Å². The van der Waals surface area contributed by atoms with Crippen LogP contribution in [0.3, 0.4) is 0 Å². The summed E-state index contributed by atoms with van der Waals surface area (Å²) in [6.45, 7) is 6.68. The largest absolute Gasteiger partial charge is 0.468 e. The molecule has 1 saturated carbocycles. The van der Waals surface area contributed by atoms with E-state index in [1.807, 2.05) is 0 Å². The normalized spacial score (nSPS) is 24.4. The van der Waals surface area contributed by atoms with E-state index in [1.54, 1.807) is 23.5 Å². The third-order valence-electron chi connectivity index (χ3n) is 4.90. The number of ketones is 1. The van der Waals surface area contributed by atoms with Crippen LogP contribution in [0.4, 0.5) is 0 Å². The minimum absolute atomic E-state index is 0.0572. The van der Waals surface area contributed by atoms with Gasteiger partial charge in [-0.05, 0) is 36.2 Å². The molecule has 4 nitrogen and oxygen atoms in total. The molecule has 0 aliphatic heterocycles. The highest BCUT2D eigenvalue weighted by atomic mass is 32.2. The summed E-state index contributed by atoms with van der Waals surface area (Å²) in [5, 5.41) is 10.2. The first-order valence-electron chi connectivity index (χ1n) is 8.77. The number of carbonyl (C=O) groups is 2. The first kappa shape index (κ1) is 21.8. The van der Waals surface area contributed by atoms with E-state index in [2.05, 4.69) is 25.5 Å². The fraction of sp³-hybridized carbons (Fsp3) is 0.889. The number of aliphatic hydroxyl groups is 1. The Morgan fingerprint density at radius 3 is 2.71 bits per heavy atom. The van der Waals surface area contributed by atoms with Crippen molar-refractivity contribution in [3.63, 3.8) is 0 Å². The fourth-order valence-corrected chi connectivity index (χ4v) is 5.17. The molecule has 3 atom stereocenters. The molecule has 1 aliphatic carbocycles. The van der Waals surface area contributed by atoms with Crippen LogP contribution in [0.5, 0.6) is 0 Å². The van der Waals surface area contributed by atoms with E-state index < -0.39 is 6.10 Å². The van der Waals surface area contributed by atoms with Crippen molar-refractivity contribution in [1.29, 1.82) is 0 Å². The standard InChI is InChI=1S/C18H32O4S2/c1-5-18(2,3)8-7-13-14(19)11-15(20)17(13)24-10-6-9-23-12-16(21)22-4/h13-14,17,19H,5-12H2,1-4H3/t13-,14?,17?/m0/s1. The minimum Gasteiger partial charge on any atom is -0.468 e. The number of esters is 1. The summed E-state index contributed by atoms with van der Waals surface area (Å²) in [5.74, 6) is 2.27.